The smallest absolute Gasteiger partial charge is 0.327 e. The van der Waals surface area contributed by atoms with Gasteiger partial charge < -0.3 is 4.74 Å². The maximum Gasteiger partial charge on any atom is 0.327 e. The van der Waals surface area contributed by atoms with Crippen LogP contribution in [0.2, 0.25) is 0 Å². The van der Waals surface area contributed by atoms with Crippen molar-refractivity contribution in [2.45, 2.75) is 26.2 Å². The molecule has 0 heterocycles. The molecular formula is C15H16O4. The third-order valence-electron chi connectivity index (χ3n) is 3.48. The summed E-state index contributed by atoms with van der Waals surface area (Å²) in [7, 11) is 0. The van der Waals surface area contributed by atoms with Crippen LogP contribution in [0.1, 0.15) is 36.5 Å². The second-order valence-corrected chi connectivity index (χ2v) is 4.60. The summed E-state index contributed by atoms with van der Waals surface area (Å²) >= 11 is 0. The lowest BCUT2D eigenvalue weighted by atomic mass is 9.78. The number of ether oxygens (including phenoxy) is 1. The van der Waals surface area contributed by atoms with E-state index in [4.69, 9.17) is 4.74 Å². The largest absolute Gasteiger partial charge is 0.465 e. The second kappa shape index (κ2) is 5.34. The predicted molar refractivity (Wildman–Crippen MR) is 68.7 cm³/mol. The van der Waals surface area contributed by atoms with Crippen molar-refractivity contribution in [1.82, 2.24) is 0 Å². The molecule has 4 nitrogen and oxygen atoms in total. The fraction of sp³-hybridized carbons (Fsp3) is 0.400. The zero-order valence-electron chi connectivity index (χ0n) is 10.8. The van der Waals surface area contributed by atoms with Crippen LogP contribution < -0.4 is 0 Å². The molecule has 0 amide bonds. The molecule has 1 saturated carbocycles. The monoisotopic (exact) mass is 260 g/mol. The van der Waals surface area contributed by atoms with E-state index in [0.29, 0.717) is 12.0 Å². The fourth-order valence-corrected chi connectivity index (χ4v) is 2.51. The van der Waals surface area contributed by atoms with Gasteiger partial charge in [-0.25, -0.2) is 0 Å². The van der Waals surface area contributed by atoms with Gasteiger partial charge in [-0.15, -0.1) is 0 Å². The van der Waals surface area contributed by atoms with Crippen molar-refractivity contribution in [2.24, 2.45) is 5.41 Å². The molecule has 0 saturated heterocycles. The van der Waals surface area contributed by atoms with Crippen molar-refractivity contribution >= 4 is 17.5 Å². The van der Waals surface area contributed by atoms with Gasteiger partial charge in [0.15, 0.2) is 17.0 Å². The molecule has 0 aliphatic heterocycles. The lowest BCUT2D eigenvalue weighted by molar-refractivity contribution is -0.155. The Bertz CT molecular complexity index is 506. The number of rotatable bonds is 4. The zero-order valence-corrected chi connectivity index (χ0v) is 10.8. The molecule has 100 valence electrons. The van der Waals surface area contributed by atoms with Gasteiger partial charge in [0.1, 0.15) is 0 Å². The molecule has 1 aromatic rings. The first-order valence-electron chi connectivity index (χ1n) is 6.43. The highest BCUT2D eigenvalue weighted by Gasteiger charge is 2.55. The highest BCUT2D eigenvalue weighted by molar-refractivity contribution is 6.27. The number of carbonyl (C=O) groups excluding carboxylic acids is 3. The third-order valence-corrected chi connectivity index (χ3v) is 3.48. The zero-order chi connectivity index (χ0) is 13.9. The van der Waals surface area contributed by atoms with E-state index in [1.165, 1.54) is 0 Å². The Morgan fingerprint density at radius 1 is 1.26 bits per heavy atom. The Morgan fingerprint density at radius 3 is 2.47 bits per heavy atom. The molecule has 1 aliphatic rings. The minimum Gasteiger partial charge on any atom is -0.465 e. The quantitative estimate of drug-likeness (QED) is 0.473. The van der Waals surface area contributed by atoms with E-state index in [9.17, 15) is 14.4 Å². The predicted octanol–water partition coefficient (Wildman–Crippen LogP) is 2.17. The van der Waals surface area contributed by atoms with Gasteiger partial charge >= 0.3 is 5.97 Å². The normalized spacial score (nSPS) is 22.3. The Labute approximate surface area is 111 Å². The van der Waals surface area contributed by atoms with Crippen molar-refractivity contribution in [3.8, 4) is 0 Å². The van der Waals surface area contributed by atoms with Crippen LogP contribution >= 0.6 is 0 Å². The lowest BCUT2D eigenvalue weighted by Gasteiger charge is -2.23. The molecule has 1 aromatic carbocycles. The highest BCUT2D eigenvalue weighted by Crippen LogP contribution is 2.39. The molecule has 1 fully saturated rings. The van der Waals surface area contributed by atoms with E-state index >= 15 is 0 Å². The number of ketones is 2. The lowest BCUT2D eigenvalue weighted by Crippen LogP contribution is -2.44. The minimum atomic E-state index is -1.61. The van der Waals surface area contributed by atoms with Crippen molar-refractivity contribution in [2.75, 3.05) is 6.61 Å². The number of hydrogen-bond donors (Lipinski definition) is 0. The standard InChI is InChI=1S/C15H16O4/c1-2-19-14(18)15(10-6-9-12(15)16)13(17)11-7-4-3-5-8-11/h3-5,7-8H,2,6,9-10H2,1H3. The van der Waals surface area contributed by atoms with E-state index < -0.39 is 17.2 Å². The van der Waals surface area contributed by atoms with E-state index in [-0.39, 0.29) is 25.2 Å². The summed E-state index contributed by atoms with van der Waals surface area (Å²) in [6, 6.07) is 8.45. The summed E-state index contributed by atoms with van der Waals surface area (Å²) in [5.41, 5.74) is -1.23. The summed E-state index contributed by atoms with van der Waals surface area (Å²) in [5, 5.41) is 0. The average molecular weight is 260 g/mol. The molecule has 1 aliphatic carbocycles. The van der Waals surface area contributed by atoms with Gasteiger partial charge in [0.25, 0.3) is 0 Å². The van der Waals surface area contributed by atoms with Crippen LogP contribution in [-0.2, 0) is 14.3 Å². The second-order valence-electron chi connectivity index (χ2n) is 4.60. The molecule has 1 unspecified atom stereocenters. The number of Topliss-reactive ketones (excluding diaryl/α,β-unsaturated/α-hetero) is 2. The molecule has 0 N–H and O–H groups in total. The van der Waals surface area contributed by atoms with Crippen LogP contribution in [0.25, 0.3) is 0 Å². The molecule has 0 aromatic heterocycles. The number of benzene rings is 1. The van der Waals surface area contributed by atoms with Gasteiger partial charge in [0.05, 0.1) is 6.61 Å². The molecule has 1 atom stereocenters. The SMILES string of the molecule is CCOC(=O)C1(C(=O)c2ccccc2)CCCC1=O. The summed E-state index contributed by atoms with van der Waals surface area (Å²) in [4.78, 5) is 36.8. The Balaban J connectivity index is 2.42. The van der Waals surface area contributed by atoms with Gasteiger partial charge in [0.2, 0.25) is 0 Å². The van der Waals surface area contributed by atoms with Crippen molar-refractivity contribution in [3.05, 3.63) is 35.9 Å². The van der Waals surface area contributed by atoms with E-state index in [1.807, 2.05) is 0 Å². The molecule has 0 bridgehead atoms. The topological polar surface area (TPSA) is 60.4 Å². The van der Waals surface area contributed by atoms with Gasteiger partial charge in [-0.05, 0) is 19.8 Å². The van der Waals surface area contributed by atoms with E-state index in [1.54, 1.807) is 37.3 Å². The van der Waals surface area contributed by atoms with Crippen LogP contribution in [-0.4, -0.2) is 24.1 Å². The Hall–Kier alpha value is -1.97. The van der Waals surface area contributed by atoms with Gasteiger partial charge in [-0.2, -0.15) is 0 Å². The van der Waals surface area contributed by atoms with Gasteiger partial charge in [-0.3, -0.25) is 14.4 Å². The van der Waals surface area contributed by atoms with Gasteiger partial charge in [0, 0.05) is 12.0 Å². The van der Waals surface area contributed by atoms with Crippen molar-refractivity contribution in [3.63, 3.8) is 0 Å². The summed E-state index contributed by atoms with van der Waals surface area (Å²) in [6.45, 7) is 1.83. The summed E-state index contributed by atoms with van der Waals surface area (Å²) in [6.07, 6.45) is 1.06. The van der Waals surface area contributed by atoms with Gasteiger partial charge in [-0.1, -0.05) is 30.3 Å². The summed E-state index contributed by atoms with van der Waals surface area (Å²) < 4.78 is 4.96. The number of carbonyl (C=O) groups is 3. The van der Waals surface area contributed by atoms with Crippen LogP contribution in [0, 0.1) is 5.41 Å². The fourth-order valence-electron chi connectivity index (χ4n) is 2.51. The molecule has 2 rings (SSSR count). The molecule has 0 spiro atoms. The molecule has 19 heavy (non-hydrogen) atoms. The Kier molecular flexibility index (Phi) is 3.79. The van der Waals surface area contributed by atoms with Crippen molar-refractivity contribution in [1.29, 1.82) is 0 Å². The minimum absolute atomic E-state index is 0.163. The van der Waals surface area contributed by atoms with E-state index in [2.05, 4.69) is 0 Å². The molecular weight excluding hydrogens is 244 g/mol. The first-order valence-corrected chi connectivity index (χ1v) is 6.43. The average Bonchev–Trinajstić information content (AvgIpc) is 2.82. The Morgan fingerprint density at radius 2 is 1.95 bits per heavy atom. The first-order chi connectivity index (χ1) is 9.13. The van der Waals surface area contributed by atoms with Crippen LogP contribution in [0.15, 0.2) is 30.3 Å². The maximum atomic E-state index is 12.6. The molecule has 0 radical (unpaired) electrons. The first kappa shape index (κ1) is 13.5. The number of hydrogen-bond acceptors (Lipinski definition) is 4. The van der Waals surface area contributed by atoms with Crippen molar-refractivity contribution < 1.29 is 19.1 Å². The van der Waals surface area contributed by atoms with Crippen LogP contribution in [0.5, 0.6) is 0 Å². The highest BCUT2D eigenvalue weighted by atomic mass is 16.5. The number of esters is 1. The molecule has 4 heteroatoms. The van der Waals surface area contributed by atoms with E-state index in [0.717, 1.165) is 0 Å². The maximum absolute atomic E-state index is 12.6. The van der Waals surface area contributed by atoms with Crippen LogP contribution in [0.4, 0.5) is 0 Å². The summed E-state index contributed by atoms with van der Waals surface area (Å²) in [5.74, 6) is -1.46. The van der Waals surface area contributed by atoms with Crippen LogP contribution in [0.3, 0.4) is 0 Å². The third kappa shape index (κ3) is 2.18.